The number of aliphatic hydroxyl groups excluding tert-OH is 1. The summed E-state index contributed by atoms with van der Waals surface area (Å²) >= 11 is 5.68. The minimum atomic E-state index is -1.05. The quantitative estimate of drug-likeness (QED) is 0.751. The second-order valence-corrected chi connectivity index (χ2v) is 3.35. The summed E-state index contributed by atoms with van der Waals surface area (Å²) in [6, 6.07) is 1.63. The topological polar surface area (TPSA) is 70.4 Å². The lowest BCUT2D eigenvalue weighted by Gasteiger charge is -2.08. The number of hydrogen-bond donors (Lipinski definition) is 2. The number of aryl methyl sites for hydroxylation is 1. The molecule has 0 saturated heterocycles. The van der Waals surface area contributed by atoms with Gasteiger partial charge in [-0.1, -0.05) is 11.6 Å². The number of hydrogen-bond acceptors (Lipinski definition) is 3. The number of carboxylic acid groups (broad SMARTS) is 1. The Labute approximate surface area is 86.2 Å². The molecule has 0 amide bonds. The van der Waals surface area contributed by atoms with Crippen molar-refractivity contribution in [3.8, 4) is 0 Å². The molecule has 0 aliphatic heterocycles. The maximum atomic E-state index is 10.3. The van der Waals surface area contributed by atoms with Gasteiger partial charge in [0.25, 0.3) is 0 Å². The van der Waals surface area contributed by atoms with Crippen LogP contribution in [0.2, 0.25) is 5.15 Å². The van der Waals surface area contributed by atoms with Crippen molar-refractivity contribution < 1.29 is 15.0 Å². The molecule has 0 aliphatic rings. The fourth-order valence-corrected chi connectivity index (χ4v) is 1.15. The van der Waals surface area contributed by atoms with Crippen molar-refractivity contribution in [1.29, 1.82) is 0 Å². The van der Waals surface area contributed by atoms with Crippen LogP contribution in [0.5, 0.6) is 0 Å². The summed E-state index contributed by atoms with van der Waals surface area (Å²) in [7, 11) is 0. The number of aliphatic hydroxyl groups is 1. The fraction of sp³-hybridized carbons (Fsp3) is 0.333. The molecule has 0 bridgehead atoms. The summed E-state index contributed by atoms with van der Waals surface area (Å²) < 4.78 is 0. The Morgan fingerprint density at radius 2 is 2.36 bits per heavy atom. The van der Waals surface area contributed by atoms with E-state index >= 15 is 0 Å². The highest BCUT2D eigenvalue weighted by atomic mass is 35.5. The van der Waals surface area contributed by atoms with E-state index in [0.29, 0.717) is 16.3 Å². The summed E-state index contributed by atoms with van der Waals surface area (Å²) in [5.74, 6) is -1.05. The Kier molecular flexibility index (Phi) is 3.43. The highest BCUT2D eigenvalue weighted by Gasteiger charge is 2.13. The molecule has 76 valence electrons. The van der Waals surface area contributed by atoms with Crippen LogP contribution in [0.25, 0.3) is 0 Å². The van der Waals surface area contributed by atoms with E-state index < -0.39 is 12.1 Å². The minimum absolute atomic E-state index is 0.331. The molecule has 0 spiro atoms. The normalized spacial score (nSPS) is 12.5. The third kappa shape index (κ3) is 2.68. The van der Waals surface area contributed by atoms with E-state index in [4.69, 9.17) is 16.7 Å². The van der Waals surface area contributed by atoms with Gasteiger partial charge in [0.1, 0.15) is 5.15 Å². The molecule has 0 saturated carbocycles. The largest absolute Gasteiger partial charge is 0.481 e. The van der Waals surface area contributed by atoms with E-state index in [-0.39, 0.29) is 6.42 Å². The van der Waals surface area contributed by atoms with Crippen molar-refractivity contribution in [1.82, 2.24) is 4.98 Å². The van der Waals surface area contributed by atoms with Gasteiger partial charge in [0.2, 0.25) is 0 Å². The lowest BCUT2D eigenvalue weighted by molar-refractivity contribution is -0.139. The molecule has 0 aliphatic carbocycles. The number of carbonyl (C=O) groups is 1. The van der Waals surface area contributed by atoms with Gasteiger partial charge in [-0.3, -0.25) is 4.79 Å². The first-order valence-corrected chi connectivity index (χ1v) is 4.40. The van der Waals surface area contributed by atoms with E-state index in [1.165, 1.54) is 6.20 Å². The van der Waals surface area contributed by atoms with Gasteiger partial charge in [-0.05, 0) is 24.1 Å². The van der Waals surface area contributed by atoms with Crippen LogP contribution in [0, 0.1) is 6.92 Å². The summed E-state index contributed by atoms with van der Waals surface area (Å²) in [5, 5.41) is 18.3. The summed E-state index contributed by atoms with van der Waals surface area (Å²) in [6.45, 7) is 1.74. The van der Waals surface area contributed by atoms with Gasteiger partial charge in [0, 0.05) is 6.20 Å². The summed E-state index contributed by atoms with van der Waals surface area (Å²) in [4.78, 5) is 14.1. The molecule has 0 unspecified atom stereocenters. The van der Waals surface area contributed by atoms with E-state index in [1.54, 1.807) is 13.0 Å². The van der Waals surface area contributed by atoms with Crippen molar-refractivity contribution in [3.63, 3.8) is 0 Å². The SMILES string of the molecule is Cc1cc([C@H](O)CC(=O)O)cnc1Cl. The number of nitrogens with zero attached hydrogens (tertiary/aromatic N) is 1. The van der Waals surface area contributed by atoms with Crippen LogP contribution in [0.4, 0.5) is 0 Å². The molecule has 14 heavy (non-hydrogen) atoms. The zero-order valence-electron chi connectivity index (χ0n) is 7.57. The van der Waals surface area contributed by atoms with Gasteiger partial charge in [0.05, 0.1) is 12.5 Å². The molecule has 1 rings (SSSR count). The number of pyridine rings is 1. The zero-order chi connectivity index (χ0) is 10.7. The minimum Gasteiger partial charge on any atom is -0.481 e. The lowest BCUT2D eigenvalue weighted by atomic mass is 10.1. The van der Waals surface area contributed by atoms with Crippen LogP contribution >= 0.6 is 11.6 Å². The van der Waals surface area contributed by atoms with Crippen LogP contribution in [0.1, 0.15) is 23.7 Å². The molecule has 1 heterocycles. The van der Waals surface area contributed by atoms with E-state index in [1.807, 2.05) is 0 Å². The van der Waals surface area contributed by atoms with Crippen LogP contribution < -0.4 is 0 Å². The molecule has 1 aromatic rings. The second kappa shape index (κ2) is 4.39. The molecule has 2 N–H and O–H groups in total. The van der Waals surface area contributed by atoms with Crippen LogP contribution in [0.3, 0.4) is 0 Å². The van der Waals surface area contributed by atoms with E-state index in [9.17, 15) is 9.90 Å². The van der Waals surface area contributed by atoms with Crippen molar-refractivity contribution in [3.05, 3.63) is 28.5 Å². The molecule has 0 fully saturated rings. The van der Waals surface area contributed by atoms with E-state index in [0.717, 1.165) is 0 Å². The van der Waals surface area contributed by atoms with Crippen LogP contribution in [0.15, 0.2) is 12.3 Å². The summed E-state index contributed by atoms with van der Waals surface area (Å²) in [5.41, 5.74) is 1.18. The maximum Gasteiger partial charge on any atom is 0.306 e. The van der Waals surface area contributed by atoms with Crippen LogP contribution in [-0.2, 0) is 4.79 Å². The van der Waals surface area contributed by atoms with Gasteiger partial charge in [0.15, 0.2) is 0 Å². The number of halogens is 1. The second-order valence-electron chi connectivity index (χ2n) is 2.99. The first kappa shape index (κ1) is 10.9. The standard InChI is InChI=1S/C9H10ClNO3/c1-5-2-6(4-11-9(5)10)7(12)3-8(13)14/h2,4,7,12H,3H2,1H3,(H,13,14)/t7-/m1/s1. The van der Waals surface area contributed by atoms with Gasteiger partial charge in [-0.15, -0.1) is 0 Å². The third-order valence-corrected chi connectivity index (χ3v) is 2.18. The van der Waals surface area contributed by atoms with Crippen molar-refractivity contribution in [2.45, 2.75) is 19.4 Å². The molecule has 1 atom stereocenters. The Balaban J connectivity index is 2.85. The molecular weight excluding hydrogens is 206 g/mol. The number of rotatable bonds is 3. The van der Waals surface area contributed by atoms with Crippen molar-refractivity contribution in [2.24, 2.45) is 0 Å². The Morgan fingerprint density at radius 3 is 2.86 bits per heavy atom. The Bertz CT molecular complexity index is 354. The number of carboxylic acids is 1. The smallest absolute Gasteiger partial charge is 0.306 e. The maximum absolute atomic E-state index is 10.3. The molecule has 5 heteroatoms. The number of aromatic nitrogens is 1. The molecule has 0 aromatic carbocycles. The zero-order valence-corrected chi connectivity index (χ0v) is 8.32. The fourth-order valence-electron chi connectivity index (χ4n) is 1.05. The molecule has 4 nitrogen and oxygen atoms in total. The average Bonchev–Trinajstić information content (AvgIpc) is 2.08. The Hall–Kier alpha value is -1.13. The van der Waals surface area contributed by atoms with Crippen molar-refractivity contribution >= 4 is 17.6 Å². The molecular formula is C9H10ClNO3. The monoisotopic (exact) mass is 215 g/mol. The van der Waals surface area contributed by atoms with Gasteiger partial charge in [-0.2, -0.15) is 0 Å². The van der Waals surface area contributed by atoms with Gasteiger partial charge < -0.3 is 10.2 Å². The number of aliphatic carboxylic acids is 1. The van der Waals surface area contributed by atoms with Crippen molar-refractivity contribution in [2.75, 3.05) is 0 Å². The molecule has 1 aromatic heterocycles. The predicted molar refractivity (Wildman–Crippen MR) is 51.2 cm³/mol. The Morgan fingerprint density at radius 1 is 1.71 bits per heavy atom. The van der Waals surface area contributed by atoms with E-state index in [2.05, 4.69) is 4.98 Å². The van der Waals surface area contributed by atoms with Gasteiger partial charge >= 0.3 is 5.97 Å². The third-order valence-electron chi connectivity index (χ3n) is 1.79. The lowest BCUT2D eigenvalue weighted by Crippen LogP contribution is -2.06. The predicted octanol–water partition coefficient (Wildman–Crippen LogP) is 1.55. The average molecular weight is 216 g/mol. The molecule has 0 radical (unpaired) electrons. The first-order valence-electron chi connectivity index (χ1n) is 4.02. The highest BCUT2D eigenvalue weighted by molar-refractivity contribution is 6.30. The van der Waals surface area contributed by atoms with Crippen LogP contribution in [-0.4, -0.2) is 21.2 Å². The summed E-state index contributed by atoms with van der Waals surface area (Å²) in [6.07, 6.45) is 0.0158. The van der Waals surface area contributed by atoms with Gasteiger partial charge in [-0.25, -0.2) is 4.98 Å². The highest BCUT2D eigenvalue weighted by Crippen LogP contribution is 2.20. The first-order chi connectivity index (χ1) is 6.50.